The molecule has 2 heterocycles. The third-order valence-corrected chi connectivity index (χ3v) is 5.18. The van der Waals surface area contributed by atoms with Crippen molar-refractivity contribution in [1.82, 2.24) is 9.88 Å². The number of nitrogens with two attached hydrogens (primary N) is 2. The maximum absolute atomic E-state index is 6.21. The first-order valence-electron chi connectivity index (χ1n) is 9.76. The fourth-order valence-corrected chi connectivity index (χ4v) is 3.54. The molecule has 1 aliphatic rings. The van der Waals surface area contributed by atoms with Crippen LogP contribution in [0.25, 0.3) is 22.4 Å². The third-order valence-electron chi connectivity index (χ3n) is 5.18. The fourth-order valence-electron chi connectivity index (χ4n) is 3.54. The molecule has 5 nitrogen and oxygen atoms in total. The van der Waals surface area contributed by atoms with Gasteiger partial charge in [-0.25, -0.2) is 0 Å². The zero-order valence-corrected chi connectivity index (χ0v) is 16.0. The van der Waals surface area contributed by atoms with Gasteiger partial charge in [0.2, 0.25) is 0 Å². The maximum atomic E-state index is 6.21. The first-order valence-corrected chi connectivity index (χ1v) is 9.76. The summed E-state index contributed by atoms with van der Waals surface area (Å²) >= 11 is 0. The van der Waals surface area contributed by atoms with Crippen LogP contribution < -0.4 is 16.2 Å². The predicted molar refractivity (Wildman–Crippen MR) is 115 cm³/mol. The first-order chi connectivity index (χ1) is 13.7. The van der Waals surface area contributed by atoms with E-state index in [4.69, 9.17) is 16.2 Å². The van der Waals surface area contributed by atoms with Gasteiger partial charge in [0.15, 0.2) is 0 Å². The normalized spacial score (nSPS) is 14.3. The van der Waals surface area contributed by atoms with Crippen LogP contribution in [0.1, 0.15) is 12.8 Å². The predicted octanol–water partition coefficient (Wildman–Crippen LogP) is 4.05. The van der Waals surface area contributed by atoms with Crippen LogP contribution in [-0.2, 0) is 0 Å². The van der Waals surface area contributed by atoms with Crippen LogP contribution in [-0.4, -0.2) is 36.1 Å². The topological polar surface area (TPSA) is 77.4 Å². The van der Waals surface area contributed by atoms with Gasteiger partial charge in [-0.15, -0.1) is 0 Å². The molecule has 0 spiro atoms. The zero-order valence-electron chi connectivity index (χ0n) is 16.0. The van der Waals surface area contributed by atoms with Gasteiger partial charge >= 0.3 is 0 Å². The SMILES string of the molecule is Nc1ccc(-c2ccc(-c3ccc(OCCN4CCCC4)c(N)c3)nc2)cc1. The second-order valence-electron chi connectivity index (χ2n) is 7.20. The molecule has 0 unspecified atom stereocenters. The minimum atomic E-state index is 0.642. The molecule has 0 radical (unpaired) electrons. The van der Waals surface area contributed by atoms with Gasteiger partial charge in [0.25, 0.3) is 0 Å². The molecule has 144 valence electrons. The van der Waals surface area contributed by atoms with E-state index in [0.717, 1.165) is 40.4 Å². The largest absolute Gasteiger partial charge is 0.490 e. The summed E-state index contributed by atoms with van der Waals surface area (Å²) in [5.74, 6) is 0.737. The lowest BCUT2D eigenvalue weighted by atomic mass is 10.1. The lowest BCUT2D eigenvalue weighted by Gasteiger charge is -2.16. The zero-order chi connectivity index (χ0) is 19.3. The summed E-state index contributed by atoms with van der Waals surface area (Å²) in [7, 11) is 0. The Morgan fingerprint density at radius 3 is 2.25 bits per heavy atom. The van der Waals surface area contributed by atoms with Crippen molar-refractivity contribution in [2.75, 3.05) is 37.7 Å². The van der Waals surface area contributed by atoms with E-state index in [1.807, 2.05) is 54.7 Å². The lowest BCUT2D eigenvalue weighted by Crippen LogP contribution is -2.25. The quantitative estimate of drug-likeness (QED) is 0.637. The molecule has 1 saturated heterocycles. The second-order valence-corrected chi connectivity index (χ2v) is 7.20. The summed E-state index contributed by atoms with van der Waals surface area (Å²) in [5, 5.41) is 0. The first kappa shape index (κ1) is 18.3. The monoisotopic (exact) mass is 374 g/mol. The van der Waals surface area contributed by atoms with E-state index >= 15 is 0 Å². The number of anilines is 2. The average Bonchev–Trinajstić information content (AvgIpc) is 3.23. The van der Waals surface area contributed by atoms with E-state index in [1.165, 1.54) is 25.9 Å². The van der Waals surface area contributed by atoms with Crippen LogP contribution in [0.15, 0.2) is 60.8 Å². The van der Waals surface area contributed by atoms with Crippen LogP contribution in [0.4, 0.5) is 11.4 Å². The van der Waals surface area contributed by atoms with Crippen molar-refractivity contribution >= 4 is 11.4 Å². The third kappa shape index (κ3) is 4.26. The van der Waals surface area contributed by atoms with Gasteiger partial charge in [0.05, 0.1) is 11.4 Å². The molecule has 1 fully saturated rings. The standard InChI is InChI=1S/C23H26N4O/c24-20-7-3-17(4-8-20)19-5-9-22(26-16-19)18-6-10-23(21(25)15-18)28-14-13-27-11-1-2-12-27/h3-10,15-16H,1-2,11-14,24-25H2. The number of aromatic nitrogens is 1. The average molecular weight is 374 g/mol. The molecule has 0 atom stereocenters. The minimum absolute atomic E-state index is 0.642. The van der Waals surface area contributed by atoms with Crippen LogP contribution in [0.2, 0.25) is 0 Å². The summed E-state index contributed by atoms with van der Waals surface area (Å²) in [4.78, 5) is 7.03. The van der Waals surface area contributed by atoms with Crippen molar-refractivity contribution in [1.29, 1.82) is 0 Å². The molecule has 1 aliphatic heterocycles. The fraction of sp³-hybridized carbons (Fsp3) is 0.261. The number of ether oxygens (including phenoxy) is 1. The van der Waals surface area contributed by atoms with Gasteiger partial charge in [-0.1, -0.05) is 18.2 Å². The van der Waals surface area contributed by atoms with Crippen molar-refractivity contribution in [3.8, 4) is 28.1 Å². The Labute approximate surface area is 166 Å². The smallest absolute Gasteiger partial charge is 0.142 e. The van der Waals surface area contributed by atoms with Crippen molar-refractivity contribution in [2.45, 2.75) is 12.8 Å². The molecular weight excluding hydrogens is 348 g/mol. The minimum Gasteiger partial charge on any atom is -0.490 e. The molecule has 5 heteroatoms. The number of benzene rings is 2. The summed E-state index contributed by atoms with van der Waals surface area (Å²) in [6.07, 6.45) is 4.46. The highest BCUT2D eigenvalue weighted by molar-refractivity contribution is 5.71. The van der Waals surface area contributed by atoms with Crippen molar-refractivity contribution in [3.63, 3.8) is 0 Å². The van der Waals surface area contributed by atoms with E-state index in [2.05, 4.69) is 16.0 Å². The van der Waals surface area contributed by atoms with E-state index in [1.54, 1.807) is 0 Å². The van der Waals surface area contributed by atoms with Crippen LogP contribution in [0, 0.1) is 0 Å². The van der Waals surface area contributed by atoms with Gasteiger partial charge in [-0.05, 0) is 67.9 Å². The van der Waals surface area contributed by atoms with E-state index in [0.29, 0.717) is 12.3 Å². The van der Waals surface area contributed by atoms with Crippen molar-refractivity contribution in [3.05, 3.63) is 60.8 Å². The Morgan fingerprint density at radius 1 is 0.857 bits per heavy atom. The Bertz CT molecular complexity index is 916. The molecule has 2 aromatic carbocycles. The number of pyridine rings is 1. The molecule has 1 aromatic heterocycles. The molecule has 0 bridgehead atoms. The molecule has 4 N–H and O–H groups in total. The Kier molecular flexibility index (Phi) is 5.44. The second kappa shape index (κ2) is 8.31. The molecule has 0 amide bonds. The maximum Gasteiger partial charge on any atom is 0.142 e. The molecule has 4 rings (SSSR count). The van der Waals surface area contributed by atoms with Crippen LogP contribution in [0.3, 0.4) is 0 Å². The molecular formula is C23H26N4O. The van der Waals surface area contributed by atoms with Crippen LogP contribution >= 0.6 is 0 Å². The number of nitrogen functional groups attached to an aromatic ring is 2. The Morgan fingerprint density at radius 2 is 1.57 bits per heavy atom. The van der Waals surface area contributed by atoms with E-state index in [9.17, 15) is 0 Å². The summed E-state index contributed by atoms with van der Waals surface area (Å²) in [6.45, 7) is 3.97. The number of hydrogen-bond donors (Lipinski definition) is 2. The summed E-state index contributed by atoms with van der Waals surface area (Å²) < 4.78 is 5.88. The highest BCUT2D eigenvalue weighted by Gasteiger charge is 2.11. The number of nitrogens with zero attached hydrogens (tertiary/aromatic N) is 2. The van der Waals surface area contributed by atoms with Gasteiger partial charge in [0.1, 0.15) is 12.4 Å². The number of hydrogen-bond acceptors (Lipinski definition) is 5. The van der Waals surface area contributed by atoms with Gasteiger partial charge in [-0.3, -0.25) is 9.88 Å². The molecule has 0 aliphatic carbocycles. The van der Waals surface area contributed by atoms with Gasteiger partial charge < -0.3 is 16.2 Å². The van der Waals surface area contributed by atoms with Crippen molar-refractivity contribution < 1.29 is 4.74 Å². The van der Waals surface area contributed by atoms with Crippen LogP contribution in [0.5, 0.6) is 5.75 Å². The molecule has 28 heavy (non-hydrogen) atoms. The Balaban J connectivity index is 1.42. The van der Waals surface area contributed by atoms with Gasteiger partial charge in [0, 0.05) is 29.6 Å². The highest BCUT2D eigenvalue weighted by atomic mass is 16.5. The molecule has 0 saturated carbocycles. The number of rotatable bonds is 6. The van der Waals surface area contributed by atoms with Crippen molar-refractivity contribution in [2.24, 2.45) is 0 Å². The lowest BCUT2D eigenvalue weighted by molar-refractivity contribution is 0.238. The summed E-state index contributed by atoms with van der Waals surface area (Å²) in [5.41, 5.74) is 17.4. The number of likely N-dealkylation sites (tertiary alicyclic amines) is 1. The van der Waals surface area contributed by atoms with E-state index in [-0.39, 0.29) is 0 Å². The Hall–Kier alpha value is -3.05. The van der Waals surface area contributed by atoms with Gasteiger partial charge in [-0.2, -0.15) is 0 Å². The molecule has 3 aromatic rings. The highest BCUT2D eigenvalue weighted by Crippen LogP contribution is 2.29. The summed E-state index contributed by atoms with van der Waals surface area (Å²) in [6, 6.07) is 17.7. The van der Waals surface area contributed by atoms with E-state index < -0.39 is 0 Å².